The lowest BCUT2D eigenvalue weighted by Gasteiger charge is -2.52. The molecule has 2 saturated heterocycles. The van der Waals surface area contributed by atoms with Crippen LogP contribution in [0, 0.1) is 5.41 Å². The number of aryl methyl sites for hydroxylation is 1. The van der Waals surface area contributed by atoms with E-state index in [2.05, 4.69) is 10.2 Å². The minimum atomic E-state index is -0.988. The molecule has 2 aliphatic heterocycles. The lowest BCUT2D eigenvalue weighted by molar-refractivity contribution is -0.155. The van der Waals surface area contributed by atoms with Gasteiger partial charge in [-0.1, -0.05) is 18.7 Å². The lowest BCUT2D eigenvalue weighted by atomic mass is 9.89. The first-order chi connectivity index (χ1) is 11.4. The second-order valence-electron chi connectivity index (χ2n) is 6.06. The first kappa shape index (κ1) is 17.6. The molecule has 0 radical (unpaired) electrons. The Balaban J connectivity index is 1.75. The van der Waals surface area contributed by atoms with E-state index in [0.717, 1.165) is 23.9 Å². The smallest absolute Gasteiger partial charge is 0.313 e. The predicted octanol–water partition coefficient (Wildman–Crippen LogP) is 0.266. The highest BCUT2D eigenvalue weighted by Gasteiger charge is 2.55. The molecular weight excluding hydrogens is 350 g/mol. The minimum absolute atomic E-state index is 0.0824. The molecule has 1 amide bonds. The molecule has 8 nitrogen and oxygen atoms in total. The summed E-state index contributed by atoms with van der Waals surface area (Å²) in [7, 11) is 0. The molecule has 0 aromatic carbocycles. The Morgan fingerprint density at radius 3 is 2.88 bits per heavy atom. The third-order valence-corrected chi connectivity index (χ3v) is 7.41. The summed E-state index contributed by atoms with van der Waals surface area (Å²) >= 11 is 2.85. The molecule has 10 heteroatoms. The van der Waals surface area contributed by atoms with Crippen LogP contribution in [-0.2, 0) is 22.6 Å². The van der Waals surface area contributed by atoms with Gasteiger partial charge in [0, 0.05) is 31.0 Å². The van der Waals surface area contributed by atoms with Gasteiger partial charge >= 0.3 is 5.97 Å². The molecular formula is C14H21N5O3S2. The molecule has 0 aliphatic carbocycles. The number of hydrogen-bond donors (Lipinski definition) is 2. The van der Waals surface area contributed by atoms with Crippen molar-refractivity contribution in [2.45, 2.75) is 43.4 Å². The number of rotatable bonds is 6. The van der Waals surface area contributed by atoms with Crippen LogP contribution in [0.2, 0.25) is 0 Å². The number of carboxylic acid groups (broad SMARTS) is 1. The molecule has 3 atom stereocenters. The van der Waals surface area contributed by atoms with E-state index in [4.69, 9.17) is 5.73 Å². The van der Waals surface area contributed by atoms with E-state index < -0.39 is 17.4 Å². The van der Waals surface area contributed by atoms with E-state index >= 15 is 0 Å². The summed E-state index contributed by atoms with van der Waals surface area (Å²) in [6.07, 6.45) is 0.781. The number of carbonyl (C=O) groups excluding carboxylic acids is 1. The highest BCUT2D eigenvalue weighted by molar-refractivity contribution is 8.00. The molecule has 3 rings (SSSR count). The second-order valence-corrected chi connectivity index (χ2v) is 8.11. The second kappa shape index (κ2) is 6.57. The van der Waals surface area contributed by atoms with Gasteiger partial charge in [0.2, 0.25) is 5.91 Å². The average Bonchev–Trinajstić information content (AvgIpc) is 3.00. The number of nitrogens with two attached hydrogens (primary N) is 1. The number of fused-ring (bicyclic) bond motifs is 1. The third kappa shape index (κ3) is 2.70. The van der Waals surface area contributed by atoms with Crippen molar-refractivity contribution in [3.8, 4) is 0 Å². The molecule has 3 N–H and O–H groups in total. The van der Waals surface area contributed by atoms with Gasteiger partial charge < -0.3 is 20.3 Å². The van der Waals surface area contributed by atoms with E-state index in [1.807, 2.05) is 18.4 Å². The first-order valence-corrected chi connectivity index (χ1v) is 9.93. The van der Waals surface area contributed by atoms with Gasteiger partial charge in [-0.15, -0.1) is 22.0 Å². The van der Waals surface area contributed by atoms with Crippen molar-refractivity contribution in [2.24, 2.45) is 11.1 Å². The Labute approximate surface area is 148 Å². The molecule has 3 heterocycles. The van der Waals surface area contributed by atoms with Crippen LogP contribution in [-0.4, -0.2) is 66.1 Å². The summed E-state index contributed by atoms with van der Waals surface area (Å²) in [6, 6.07) is -0.496. The van der Waals surface area contributed by atoms with Crippen LogP contribution in [0.4, 0.5) is 0 Å². The lowest BCUT2D eigenvalue weighted by Crippen LogP contribution is -2.72. The van der Waals surface area contributed by atoms with Crippen molar-refractivity contribution < 1.29 is 14.7 Å². The van der Waals surface area contributed by atoms with Crippen LogP contribution in [0.25, 0.3) is 0 Å². The van der Waals surface area contributed by atoms with Crippen LogP contribution >= 0.6 is 23.5 Å². The fourth-order valence-electron chi connectivity index (χ4n) is 3.01. The molecule has 0 saturated carbocycles. The number of thioether (sulfide) groups is 2. The molecule has 24 heavy (non-hydrogen) atoms. The van der Waals surface area contributed by atoms with Crippen LogP contribution in [0.15, 0.2) is 5.16 Å². The number of aliphatic carboxylic acids is 1. The Hall–Kier alpha value is -1.26. The van der Waals surface area contributed by atoms with Gasteiger partial charge in [-0.2, -0.15) is 0 Å². The van der Waals surface area contributed by atoms with Crippen molar-refractivity contribution in [1.29, 1.82) is 0 Å². The Bertz CT molecular complexity index is 667. The van der Waals surface area contributed by atoms with Gasteiger partial charge in [0.25, 0.3) is 0 Å². The molecule has 132 valence electrons. The molecule has 0 spiro atoms. The predicted molar refractivity (Wildman–Crippen MR) is 91.8 cm³/mol. The number of carbonyl (C=O) groups is 2. The maximum absolute atomic E-state index is 11.9. The number of carboxylic acids is 1. The summed E-state index contributed by atoms with van der Waals surface area (Å²) in [4.78, 5) is 25.4. The highest BCUT2D eigenvalue weighted by Crippen LogP contribution is 2.43. The standard InChI is InChI=1S/C14H21N5O3S2/c1-3-8-16-17-13(18(8)4-2)24-7-14(12(21)22)5-19-10(20)9(15)11(19)23-6-14/h9,11H,3-7,15H2,1-2H3,(H,21,22)/t9?,11-,14?/m1/s1. The molecule has 2 aliphatic rings. The van der Waals surface area contributed by atoms with Gasteiger partial charge in [0.1, 0.15) is 22.7 Å². The van der Waals surface area contributed by atoms with Gasteiger partial charge in [-0.25, -0.2) is 0 Å². The first-order valence-electron chi connectivity index (χ1n) is 7.89. The number of hydrogen-bond acceptors (Lipinski definition) is 7. The SMILES string of the molecule is CCc1nnc(SCC2(C(=O)O)CS[C@@H]3C(N)C(=O)N3C2)n1CC. The van der Waals surface area contributed by atoms with E-state index in [1.165, 1.54) is 23.5 Å². The fraction of sp³-hybridized carbons (Fsp3) is 0.714. The molecule has 0 bridgehead atoms. The zero-order valence-corrected chi connectivity index (χ0v) is 15.3. The maximum atomic E-state index is 11.9. The zero-order chi connectivity index (χ0) is 17.5. The number of amides is 1. The van der Waals surface area contributed by atoms with Crippen molar-refractivity contribution in [1.82, 2.24) is 19.7 Å². The van der Waals surface area contributed by atoms with Crippen molar-refractivity contribution >= 4 is 35.4 Å². The number of aromatic nitrogens is 3. The van der Waals surface area contributed by atoms with Crippen LogP contribution in [0.5, 0.6) is 0 Å². The average molecular weight is 371 g/mol. The van der Waals surface area contributed by atoms with Crippen molar-refractivity contribution in [3.63, 3.8) is 0 Å². The maximum Gasteiger partial charge on any atom is 0.313 e. The van der Waals surface area contributed by atoms with E-state index in [1.54, 1.807) is 4.90 Å². The Morgan fingerprint density at radius 2 is 2.25 bits per heavy atom. The number of nitrogens with zero attached hydrogens (tertiary/aromatic N) is 4. The summed E-state index contributed by atoms with van der Waals surface area (Å²) in [5.74, 6) is 0.646. The van der Waals surface area contributed by atoms with Gasteiger partial charge in [0.05, 0.1) is 0 Å². The highest BCUT2D eigenvalue weighted by atomic mass is 32.2. The van der Waals surface area contributed by atoms with E-state index in [9.17, 15) is 14.7 Å². The molecule has 2 unspecified atom stereocenters. The van der Waals surface area contributed by atoms with Crippen LogP contribution in [0.1, 0.15) is 19.7 Å². The third-order valence-electron chi connectivity index (χ3n) is 4.54. The molecule has 1 aromatic heterocycles. The zero-order valence-electron chi connectivity index (χ0n) is 13.6. The van der Waals surface area contributed by atoms with E-state index in [-0.39, 0.29) is 17.8 Å². The Kier molecular flexibility index (Phi) is 4.80. The summed E-state index contributed by atoms with van der Waals surface area (Å²) in [6.45, 7) is 4.98. The van der Waals surface area contributed by atoms with Gasteiger partial charge in [0.15, 0.2) is 5.16 Å². The fourth-order valence-corrected chi connectivity index (χ4v) is 5.84. The quantitative estimate of drug-likeness (QED) is 0.541. The summed E-state index contributed by atoms with van der Waals surface area (Å²) in [5, 5.41) is 18.8. The molecule has 1 aromatic rings. The van der Waals surface area contributed by atoms with Crippen LogP contribution in [0.3, 0.4) is 0 Å². The van der Waals surface area contributed by atoms with Crippen molar-refractivity contribution in [3.05, 3.63) is 5.82 Å². The van der Waals surface area contributed by atoms with Gasteiger partial charge in [-0.3, -0.25) is 9.59 Å². The normalized spacial score (nSPS) is 29.3. The monoisotopic (exact) mass is 371 g/mol. The number of β-lactam (4-membered cyclic amide) rings is 1. The van der Waals surface area contributed by atoms with Crippen LogP contribution < -0.4 is 5.73 Å². The van der Waals surface area contributed by atoms with E-state index in [0.29, 0.717) is 11.5 Å². The Morgan fingerprint density at radius 1 is 1.50 bits per heavy atom. The molecule has 2 fully saturated rings. The van der Waals surface area contributed by atoms with Gasteiger partial charge in [-0.05, 0) is 6.92 Å². The minimum Gasteiger partial charge on any atom is -0.481 e. The summed E-state index contributed by atoms with van der Waals surface area (Å²) in [5.41, 5.74) is 4.79. The van der Waals surface area contributed by atoms with Crippen molar-refractivity contribution in [2.75, 3.05) is 18.1 Å². The summed E-state index contributed by atoms with van der Waals surface area (Å²) < 4.78 is 2.00. The largest absolute Gasteiger partial charge is 0.481 e. The topological polar surface area (TPSA) is 114 Å².